The maximum atomic E-state index is 11.7. The third-order valence-electron chi connectivity index (χ3n) is 2.48. The van der Waals surface area contributed by atoms with Crippen molar-refractivity contribution in [3.63, 3.8) is 0 Å². The minimum absolute atomic E-state index is 0.0721. The highest BCUT2D eigenvalue weighted by atomic mass is 35.5. The summed E-state index contributed by atoms with van der Waals surface area (Å²) in [6, 6.07) is 11.4. The van der Waals surface area contributed by atoms with Gasteiger partial charge in [-0.1, -0.05) is 41.4 Å². The number of benzene rings is 2. The molecule has 0 unspecified atom stereocenters. The average molecular weight is 309 g/mol. The number of hydrazone groups is 1. The fourth-order valence-corrected chi connectivity index (χ4v) is 1.80. The van der Waals surface area contributed by atoms with Gasteiger partial charge in [0.15, 0.2) is 0 Å². The van der Waals surface area contributed by atoms with E-state index in [1.807, 2.05) is 6.07 Å². The summed E-state index contributed by atoms with van der Waals surface area (Å²) >= 11 is 11.6. The fraction of sp³-hybridized carbons (Fsp3) is 0. The van der Waals surface area contributed by atoms with E-state index in [0.29, 0.717) is 16.1 Å². The molecule has 2 N–H and O–H groups in total. The van der Waals surface area contributed by atoms with Crippen LogP contribution in [-0.2, 0) is 0 Å². The van der Waals surface area contributed by atoms with Crippen LogP contribution >= 0.6 is 23.2 Å². The predicted octanol–water partition coefficient (Wildman–Crippen LogP) is 3.46. The highest BCUT2D eigenvalue weighted by molar-refractivity contribution is 6.42. The first-order chi connectivity index (χ1) is 9.58. The van der Waals surface area contributed by atoms with Crippen LogP contribution in [0.5, 0.6) is 5.75 Å². The molecule has 2 aromatic rings. The normalized spacial score (nSPS) is 10.7. The first-order valence-electron chi connectivity index (χ1n) is 5.64. The minimum atomic E-state index is -0.346. The largest absolute Gasteiger partial charge is 0.507 e. The van der Waals surface area contributed by atoms with Crippen molar-refractivity contribution in [2.45, 2.75) is 0 Å². The number of nitrogens with one attached hydrogen (secondary N) is 1. The summed E-state index contributed by atoms with van der Waals surface area (Å²) in [6.45, 7) is 0. The van der Waals surface area contributed by atoms with E-state index < -0.39 is 0 Å². The lowest BCUT2D eigenvalue weighted by molar-refractivity contribution is 0.0955. The van der Waals surface area contributed by atoms with Crippen LogP contribution in [0.2, 0.25) is 10.0 Å². The third-order valence-corrected chi connectivity index (χ3v) is 3.20. The van der Waals surface area contributed by atoms with Gasteiger partial charge in [-0.25, -0.2) is 5.43 Å². The lowest BCUT2D eigenvalue weighted by Gasteiger charge is -2.02. The molecule has 102 valence electrons. The van der Waals surface area contributed by atoms with Gasteiger partial charge in [-0.15, -0.1) is 0 Å². The lowest BCUT2D eigenvalue weighted by Crippen LogP contribution is -2.17. The fourth-order valence-electron chi connectivity index (χ4n) is 1.47. The van der Waals surface area contributed by atoms with Crippen molar-refractivity contribution in [1.29, 1.82) is 0 Å². The number of carbonyl (C=O) groups is 1. The van der Waals surface area contributed by atoms with E-state index in [2.05, 4.69) is 10.5 Å². The van der Waals surface area contributed by atoms with Crippen molar-refractivity contribution in [2.75, 3.05) is 0 Å². The molecule has 0 aromatic heterocycles. The van der Waals surface area contributed by atoms with Crippen LogP contribution in [0, 0.1) is 0 Å². The van der Waals surface area contributed by atoms with Gasteiger partial charge in [-0.2, -0.15) is 5.10 Å². The molecule has 0 saturated heterocycles. The SMILES string of the molecule is O=C(N/N=C/c1cc(Cl)c(Cl)cc1O)c1ccccc1. The summed E-state index contributed by atoms with van der Waals surface area (Å²) in [5.41, 5.74) is 3.20. The first kappa shape index (κ1) is 14.4. The second-order valence-corrected chi connectivity index (χ2v) is 4.70. The van der Waals surface area contributed by atoms with Gasteiger partial charge in [0, 0.05) is 17.2 Å². The van der Waals surface area contributed by atoms with Gasteiger partial charge >= 0.3 is 0 Å². The zero-order valence-electron chi connectivity index (χ0n) is 10.2. The van der Waals surface area contributed by atoms with Crippen LogP contribution < -0.4 is 5.43 Å². The van der Waals surface area contributed by atoms with Crippen LogP contribution in [0.3, 0.4) is 0 Å². The van der Waals surface area contributed by atoms with Gasteiger partial charge < -0.3 is 5.11 Å². The molecule has 0 aliphatic rings. The molecule has 1 amide bonds. The highest BCUT2D eigenvalue weighted by Crippen LogP contribution is 2.28. The number of nitrogens with zero attached hydrogens (tertiary/aromatic N) is 1. The van der Waals surface area contributed by atoms with Gasteiger partial charge in [0.25, 0.3) is 5.91 Å². The molecule has 0 aliphatic carbocycles. The van der Waals surface area contributed by atoms with Crippen LogP contribution in [0.25, 0.3) is 0 Å². The molecule has 0 saturated carbocycles. The number of phenols is 1. The van der Waals surface area contributed by atoms with Gasteiger partial charge in [-0.05, 0) is 18.2 Å². The maximum Gasteiger partial charge on any atom is 0.271 e. The zero-order chi connectivity index (χ0) is 14.5. The number of amides is 1. The second-order valence-electron chi connectivity index (χ2n) is 3.89. The van der Waals surface area contributed by atoms with Crippen molar-refractivity contribution in [1.82, 2.24) is 5.43 Å². The molecule has 0 aliphatic heterocycles. The van der Waals surface area contributed by atoms with Crippen molar-refractivity contribution < 1.29 is 9.90 Å². The van der Waals surface area contributed by atoms with Crippen molar-refractivity contribution >= 4 is 35.3 Å². The Bertz CT molecular complexity index is 658. The molecule has 0 atom stereocenters. The number of carbonyl (C=O) groups excluding carboxylic acids is 1. The van der Waals surface area contributed by atoms with Crippen molar-refractivity contribution in [3.8, 4) is 5.75 Å². The van der Waals surface area contributed by atoms with E-state index in [1.165, 1.54) is 18.3 Å². The third kappa shape index (κ3) is 3.50. The van der Waals surface area contributed by atoms with Crippen LogP contribution in [0.4, 0.5) is 0 Å². The van der Waals surface area contributed by atoms with E-state index in [0.717, 1.165) is 0 Å². The summed E-state index contributed by atoms with van der Waals surface area (Å²) in [7, 11) is 0. The average Bonchev–Trinajstić information content (AvgIpc) is 2.45. The molecule has 0 radical (unpaired) electrons. The van der Waals surface area contributed by atoms with E-state index in [4.69, 9.17) is 23.2 Å². The number of phenolic OH excluding ortho intramolecular Hbond substituents is 1. The summed E-state index contributed by atoms with van der Waals surface area (Å²) in [6.07, 6.45) is 1.29. The molecular formula is C14H10Cl2N2O2. The minimum Gasteiger partial charge on any atom is -0.507 e. The summed E-state index contributed by atoms with van der Waals surface area (Å²) < 4.78 is 0. The molecule has 20 heavy (non-hydrogen) atoms. The van der Waals surface area contributed by atoms with Crippen LogP contribution in [0.15, 0.2) is 47.6 Å². The monoisotopic (exact) mass is 308 g/mol. The molecule has 2 rings (SSSR count). The molecule has 2 aromatic carbocycles. The highest BCUT2D eigenvalue weighted by Gasteiger charge is 2.05. The Balaban J connectivity index is 2.08. The standard InChI is InChI=1S/C14H10Cl2N2O2/c15-11-6-10(13(19)7-12(11)16)8-17-18-14(20)9-4-2-1-3-5-9/h1-8,19H,(H,18,20)/b17-8+. The number of aromatic hydroxyl groups is 1. The quantitative estimate of drug-likeness (QED) is 0.674. The molecule has 6 heteroatoms. The van der Waals surface area contributed by atoms with Gasteiger partial charge in [0.2, 0.25) is 0 Å². The molecular weight excluding hydrogens is 299 g/mol. The van der Waals surface area contributed by atoms with Gasteiger partial charge in [-0.3, -0.25) is 4.79 Å². The van der Waals surface area contributed by atoms with Crippen LogP contribution in [-0.4, -0.2) is 17.2 Å². The predicted molar refractivity (Wildman–Crippen MR) is 79.6 cm³/mol. The second kappa shape index (κ2) is 6.41. The zero-order valence-corrected chi connectivity index (χ0v) is 11.7. The van der Waals surface area contributed by atoms with Gasteiger partial charge in [0.1, 0.15) is 5.75 Å². The van der Waals surface area contributed by atoms with E-state index >= 15 is 0 Å². The Morgan fingerprint density at radius 3 is 2.50 bits per heavy atom. The van der Waals surface area contributed by atoms with E-state index in [9.17, 15) is 9.90 Å². The Morgan fingerprint density at radius 2 is 1.80 bits per heavy atom. The number of rotatable bonds is 3. The number of halogens is 2. The molecule has 4 nitrogen and oxygen atoms in total. The van der Waals surface area contributed by atoms with Gasteiger partial charge in [0.05, 0.1) is 16.3 Å². The van der Waals surface area contributed by atoms with E-state index in [-0.39, 0.29) is 16.7 Å². The summed E-state index contributed by atoms with van der Waals surface area (Å²) in [5, 5.41) is 14.0. The maximum absolute atomic E-state index is 11.7. The Morgan fingerprint density at radius 1 is 1.15 bits per heavy atom. The van der Waals surface area contributed by atoms with E-state index in [1.54, 1.807) is 24.3 Å². The van der Waals surface area contributed by atoms with Crippen LogP contribution in [0.1, 0.15) is 15.9 Å². The Hall–Kier alpha value is -2.04. The Labute approximate surface area is 125 Å². The summed E-state index contributed by atoms with van der Waals surface area (Å²) in [5.74, 6) is -0.418. The number of hydrogen-bond acceptors (Lipinski definition) is 3. The topological polar surface area (TPSA) is 61.7 Å². The first-order valence-corrected chi connectivity index (χ1v) is 6.40. The molecule has 0 bridgehead atoms. The molecule has 0 heterocycles. The van der Waals surface area contributed by atoms with Crippen molar-refractivity contribution in [2.24, 2.45) is 5.10 Å². The van der Waals surface area contributed by atoms with Crippen molar-refractivity contribution in [3.05, 3.63) is 63.6 Å². The Kier molecular flexibility index (Phi) is 4.61. The smallest absolute Gasteiger partial charge is 0.271 e. The number of hydrogen-bond donors (Lipinski definition) is 2. The molecule has 0 spiro atoms. The lowest BCUT2D eigenvalue weighted by atomic mass is 10.2. The summed E-state index contributed by atoms with van der Waals surface area (Å²) in [4.78, 5) is 11.7. The molecule has 0 fully saturated rings.